The lowest BCUT2D eigenvalue weighted by molar-refractivity contribution is -0.136. The Kier molecular flexibility index (Phi) is 4.66. The van der Waals surface area contributed by atoms with Gasteiger partial charge in [-0.15, -0.1) is 0 Å². The van der Waals surface area contributed by atoms with Gasteiger partial charge in [0.05, 0.1) is 5.56 Å². The molecule has 2 amide bonds. The van der Waals surface area contributed by atoms with Crippen molar-refractivity contribution in [2.75, 3.05) is 19.6 Å². The summed E-state index contributed by atoms with van der Waals surface area (Å²) < 4.78 is 13.7. The summed E-state index contributed by atoms with van der Waals surface area (Å²) in [5.74, 6) is 0.174. The molecule has 0 saturated carbocycles. The number of amides is 2. The first-order chi connectivity index (χ1) is 13.0. The lowest BCUT2D eigenvalue weighted by Crippen LogP contribution is -2.49. The number of carbonyl (C=O) groups excluding carboxylic acids is 2. The van der Waals surface area contributed by atoms with Crippen LogP contribution in [-0.2, 0) is 4.79 Å². The van der Waals surface area contributed by atoms with Gasteiger partial charge in [0.2, 0.25) is 5.91 Å². The fraction of sp³-hybridized carbons (Fsp3) is 0.524. The molecule has 2 aliphatic heterocycles. The zero-order valence-electron chi connectivity index (χ0n) is 15.9. The lowest BCUT2D eigenvalue weighted by atomic mass is 9.98. The van der Waals surface area contributed by atoms with E-state index >= 15 is 0 Å². The van der Waals surface area contributed by atoms with E-state index < -0.39 is 6.04 Å². The van der Waals surface area contributed by atoms with Crippen molar-refractivity contribution < 1.29 is 14.0 Å². The third-order valence-electron chi connectivity index (χ3n) is 6.06. The monoisotopic (exact) mass is 371 g/mol. The average molecular weight is 371 g/mol. The number of piperidine rings is 1. The zero-order valence-corrected chi connectivity index (χ0v) is 15.9. The summed E-state index contributed by atoms with van der Waals surface area (Å²) >= 11 is 0. The molecular formula is C21H26FN3O2. The number of rotatable bonds is 2. The largest absolute Gasteiger partial charge is 0.358 e. The summed E-state index contributed by atoms with van der Waals surface area (Å²) in [5.41, 5.74) is 1.94. The molecule has 2 aromatic rings. The molecule has 2 fully saturated rings. The van der Waals surface area contributed by atoms with Crippen LogP contribution in [0.25, 0.3) is 10.9 Å². The Bertz CT molecular complexity index is 883. The second-order valence-electron chi connectivity index (χ2n) is 7.98. The highest BCUT2D eigenvalue weighted by Gasteiger charge is 2.38. The smallest absolute Gasteiger partial charge is 0.256 e. The van der Waals surface area contributed by atoms with E-state index in [4.69, 9.17) is 0 Å². The highest BCUT2D eigenvalue weighted by Crippen LogP contribution is 2.29. The number of likely N-dealkylation sites (tertiary alicyclic amines) is 2. The number of halogens is 1. The maximum Gasteiger partial charge on any atom is 0.256 e. The minimum absolute atomic E-state index is 0.0661. The Morgan fingerprint density at radius 3 is 2.63 bits per heavy atom. The van der Waals surface area contributed by atoms with E-state index in [2.05, 4.69) is 11.9 Å². The topological polar surface area (TPSA) is 56.4 Å². The minimum Gasteiger partial charge on any atom is -0.358 e. The molecule has 0 bridgehead atoms. The first-order valence-corrected chi connectivity index (χ1v) is 9.83. The summed E-state index contributed by atoms with van der Waals surface area (Å²) in [5, 5.41) is 0.586. The Balaban J connectivity index is 1.61. The highest BCUT2D eigenvalue weighted by molar-refractivity contribution is 6.09. The Morgan fingerprint density at radius 1 is 1.15 bits per heavy atom. The Labute approximate surface area is 158 Å². The quantitative estimate of drug-likeness (QED) is 0.879. The van der Waals surface area contributed by atoms with Gasteiger partial charge >= 0.3 is 0 Å². The van der Waals surface area contributed by atoms with Crippen LogP contribution >= 0.6 is 0 Å². The number of fused-ring (bicyclic) bond motifs is 1. The Morgan fingerprint density at radius 2 is 1.89 bits per heavy atom. The molecule has 4 rings (SSSR count). The maximum absolute atomic E-state index is 13.7. The van der Waals surface area contributed by atoms with E-state index in [1.165, 1.54) is 12.1 Å². The van der Waals surface area contributed by atoms with Gasteiger partial charge in [0, 0.05) is 36.2 Å². The van der Waals surface area contributed by atoms with Crippen LogP contribution in [0, 0.1) is 18.7 Å². The molecule has 1 N–H and O–H groups in total. The van der Waals surface area contributed by atoms with Crippen molar-refractivity contribution in [3.63, 3.8) is 0 Å². The number of hydrogen-bond acceptors (Lipinski definition) is 2. The normalized spacial score (nSPS) is 21.2. The van der Waals surface area contributed by atoms with Gasteiger partial charge in [0.1, 0.15) is 11.9 Å². The van der Waals surface area contributed by atoms with E-state index in [-0.39, 0.29) is 17.6 Å². The van der Waals surface area contributed by atoms with Gasteiger partial charge in [-0.1, -0.05) is 6.92 Å². The van der Waals surface area contributed by atoms with Crippen LogP contribution in [0.2, 0.25) is 0 Å². The van der Waals surface area contributed by atoms with Crippen LogP contribution < -0.4 is 0 Å². The van der Waals surface area contributed by atoms with E-state index in [0.717, 1.165) is 37.9 Å². The second kappa shape index (κ2) is 6.98. The lowest BCUT2D eigenvalue weighted by Gasteiger charge is -2.34. The van der Waals surface area contributed by atoms with Gasteiger partial charge in [-0.05, 0) is 56.7 Å². The number of H-pyrrole nitrogens is 1. The first-order valence-electron chi connectivity index (χ1n) is 9.83. The van der Waals surface area contributed by atoms with Crippen molar-refractivity contribution in [1.82, 2.24) is 14.8 Å². The summed E-state index contributed by atoms with van der Waals surface area (Å²) in [6, 6.07) is 4.02. The molecule has 1 atom stereocenters. The van der Waals surface area contributed by atoms with Crippen LogP contribution in [0.4, 0.5) is 4.39 Å². The fourth-order valence-corrected chi connectivity index (χ4v) is 4.42. The van der Waals surface area contributed by atoms with Gasteiger partial charge in [-0.3, -0.25) is 9.59 Å². The van der Waals surface area contributed by atoms with E-state index in [1.807, 2.05) is 11.8 Å². The first kappa shape index (κ1) is 18.0. The molecule has 0 aliphatic carbocycles. The number of nitrogens with one attached hydrogen (secondary N) is 1. The van der Waals surface area contributed by atoms with Gasteiger partial charge in [0.25, 0.3) is 5.91 Å². The van der Waals surface area contributed by atoms with Crippen molar-refractivity contribution in [3.8, 4) is 0 Å². The fourth-order valence-electron chi connectivity index (χ4n) is 4.42. The number of hydrogen-bond donors (Lipinski definition) is 1. The molecule has 6 heteroatoms. The molecule has 1 aromatic heterocycles. The van der Waals surface area contributed by atoms with Gasteiger partial charge in [-0.2, -0.15) is 0 Å². The SMILES string of the molecule is Cc1[nH]c2ccc(F)cc2c1C(=O)N1CCCC1C(=O)N1CCC(C)CC1. The van der Waals surface area contributed by atoms with Crippen molar-refractivity contribution >= 4 is 22.7 Å². The molecule has 3 heterocycles. The highest BCUT2D eigenvalue weighted by atomic mass is 19.1. The third-order valence-corrected chi connectivity index (χ3v) is 6.06. The zero-order chi connectivity index (χ0) is 19.1. The van der Waals surface area contributed by atoms with Crippen LogP contribution in [0.15, 0.2) is 18.2 Å². The summed E-state index contributed by atoms with van der Waals surface area (Å²) in [6.45, 7) is 6.16. The molecule has 2 saturated heterocycles. The van der Waals surface area contributed by atoms with Crippen molar-refractivity contribution in [3.05, 3.63) is 35.3 Å². The van der Waals surface area contributed by atoms with E-state index in [1.54, 1.807) is 11.0 Å². The number of carbonyl (C=O) groups is 2. The summed E-state index contributed by atoms with van der Waals surface area (Å²) in [6.07, 6.45) is 3.56. The number of benzene rings is 1. The third kappa shape index (κ3) is 3.22. The standard InChI is InChI=1S/C21H26FN3O2/c1-13-7-10-24(11-8-13)20(26)18-4-3-9-25(18)21(27)19-14(2)23-17-6-5-15(22)12-16(17)19/h5-6,12-13,18,23H,3-4,7-11H2,1-2H3. The number of aryl methyl sites for hydroxylation is 1. The van der Waals surface area contributed by atoms with Crippen molar-refractivity contribution in [2.45, 2.75) is 45.6 Å². The molecule has 0 radical (unpaired) electrons. The molecule has 27 heavy (non-hydrogen) atoms. The summed E-state index contributed by atoms with van der Waals surface area (Å²) in [4.78, 5) is 33.1. The van der Waals surface area contributed by atoms with Gasteiger partial charge < -0.3 is 14.8 Å². The van der Waals surface area contributed by atoms with Crippen LogP contribution in [0.5, 0.6) is 0 Å². The van der Waals surface area contributed by atoms with Crippen molar-refractivity contribution in [1.29, 1.82) is 0 Å². The average Bonchev–Trinajstić information content (AvgIpc) is 3.25. The van der Waals surface area contributed by atoms with Gasteiger partial charge in [0.15, 0.2) is 0 Å². The van der Waals surface area contributed by atoms with E-state index in [0.29, 0.717) is 35.5 Å². The summed E-state index contributed by atoms with van der Waals surface area (Å²) in [7, 11) is 0. The molecule has 1 aromatic carbocycles. The number of aromatic amines is 1. The van der Waals surface area contributed by atoms with E-state index in [9.17, 15) is 14.0 Å². The predicted octanol–water partition coefficient (Wildman–Crippen LogP) is 3.48. The molecule has 144 valence electrons. The number of aromatic nitrogens is 1. The second-order valence-corrected chi connectivity index (χ2v) is 7.98. The Hall–Kier alpha value is -2.37. The van der Waals surface area contributed by atoms with Crippen LogP contribution in [-0.4, -0.2) is 52.3 Å². The number of nitrogens with zero attached hydrogens (tertiary/aromatic N) is 2. The molecule has 5 nitrogen and oxygen atoms in total. The van der Waals surface area contributed by atoms with Crippen molar-refractivity contribution in [2.24, 2.45) is 5.92 Å². The minimum atomic E-state index is -0.399. The molecule has 2 aliphatic rings. The van der Waals surface area contributed by atoms with Gasteiger partial charge in [-0.25, -0.2) is 4.39 Å². The van der Waals surface area contributed by atoms with Crippen LogP contribution in [0.3, 0.4) is 0 Å². The van der Waals surface area contributed by atoms with Crippen LogP contribution in [0.1, 0.15) is 48.7 Å². The maximum atomic E-state index is 13.7. The predicted molar refractivity (Wildman–Crippen MR) is 102 cm³/mol. The molecule has 0 spiro atoms. The molecular weight excluding hydrogens is 345 g/mol. The molecule has 1 unspecified atom stereocenters.